The van der Waals surface area contributed by atoms with Gasteiger partial charge in [-0.3, -0.25) is 14.4 Å². The summed E-state index contributed by atoms with van der Waals surface area (Å²) < 4.78 is 31.8. The molecule has 0 aliphatic carbocycles. The first-order chi connectivity index (χ1) is 18.5. The average Bonchev–Trinajstić information content (AvgIpc) is 2.89. The van der Waals surface area contributed by atoms with Gasteiger partial charge in [0.25, 0.3) is 11.8 Å². The van der Waals surface area contributed by atoms with Gasteiger partial charge in [-0.15, -0.1) is 0 Å². The van der Waals surface area contributed by atoms with Gasteiger partial charge in [-0.1, -0.05) is 17.7 Å². The summed E-state index contributed by atoms with van der Waals surface area (Å²) >= 11 is 0. The first-order valence-corrected chi connectivity index (χ1v) is 13.2. The van der Waals surface area contributed by atoms with Crippen molar-refractivity contribution in [3.63, 3.8) is 0 Å². The Morgan fingerprint density at radius 1 is 0.872 bits per heavy atom. The van der Waals surface area contributed by atoms with E-state index in [9.17, 15) is 22.8 Å². The van der Waals surface area contributed by atoms with Crippen molar-refractivity contribution in [3.05, 3.63) is 83.9 Å². The lowest BCUT2D eigenvalue weighted by molar-refractivity contribution is -0.121. The van der Waals surface area contributed by atoms with E-state index in [0.717, 1.165) is 9.87 Å². The van der Waals surface area contributed by atoms with Crippen LogP contribution in [0.1, 0.15) is 18.1 Å². The molecule has 0 heterocycles. The number of sulfonamides is 1. The number of benzene rings is 3. The van der Waals surface area contributed by atoms with Gasteiger partial charge in [-0.25, -0.2) is 13.8 Å². The second-order valence-electron chi connectivity index (χ2n) is 8.53. The standard InChI is InChI=1S/C27H29N5O6S/c1-19-4-8-23(9-5-19)30-27(35)18-38-24-12-6-21(7-13-24)16-28-31-26(34)17-32(3)39(36,37)25-14-10-22(11-15-25)29-20(2)33/h4-16H,17-18H2,1-3H3,(H,29,33)(H,30,35)(H,31,34)/b28-16+. The smallest absolute Gasteiger partial charge is 0.262 e. The van der Waals surface area contributed by atoms with E-state index in [1.54, 1.807) is 24.3 Å². The van der Waals surface area contributed by atoms with Crippen LogP contribution in [-0.4, -0.2) is 56.9 Å². The fraction of sp³-hybridized carbons (Fsp3) is 0.185. The number of nitrogens with one attached hydrogen (secondary N) is 3. The predicted molar refractivity (Wildman–Crippen MR) is 148 cm³/mol. The van der Waals surface area contributed by atoms with Crippen molar-refractivity contribution in [2.24, 2.45) is 5.10 Å². The number of amides is 3. The molecule has 0 saturated carbocycles. The highest BCUT2D eigenvalue weighted by Crippen LogP contribution is 2.17. The molecule has 0 fully saturated rings. The van der Waals surface area contributed by atoms with Gasteiger partial charge >= 0.3 is 0 Å². The molecule has 39 heavy (non-hydrogen) atoms. The van der Waals surface area contributed by atoms with Gasteiger partial charge in [0.15, 0.2) is 6.61 Å². The third-order valence-electron chi connectivity index (χ3n) is 5.24. The van der Waals surface area contributed by atoms with Gasteiger partial charge in [0.2, 0.25) is 15.9 Å². The van der Waals surface area contributed by atoms with Crippen molar-refractivity contribution in [2.45, 2.75) is 18.7 Å². The van der Waals surface area contributed by atoms with Crippen molar-refractivity contribution in [1.29, 1.82) is 0 Å². The minimum absolute atomic E-state index is 0.0228. The molecule has 0 bridgehead atoms. The molecule has 0 saturated heterocycles. The fourth-order valence-electron chi connectivity index (χ4n) is 3.23. The summed E-state index contributed by atoms with van der Waals surface area (Å²) in [6.45, 7) is 2.69. The first kappa shape index (κ1) is 29.0. The summed E-state index contributed by atoms with van der Waals surface area (Å²) in [4.78, 5) is 35.4. The number of carbonyl (C=O) groups excluding carboxylic acids is 3. The maximum absolute atomic E-state index is 12.7. The number of hydrogen-bond acceptors (Lipinski definition) is 7. The number of aryl methyl sites for hydroxylation is 1. The molecule has 0 atom stereocenters. The number of carbonyl (C=O) groups is 3. The molecule has 0 radical (unpaired) electrons. The third kappa shape index (κ3) is 9.05. The number of nitrogens with zero attached hydrogens (tertiary/aromatic N) is 2. The molecule has 3 rings (SSSR count). The molecule has 0 unspecified atom stereocenters. The van der Waals surface area contributed by atoms with Gasteiger partial charge in [-0.05, 0) is 73.2 Å². The summed E-state index contributed by atoms with van der Waals surface area (Å²) in [6, 6.07) is 19.7. The highest BCUT2D eigenvalue weighted by molar-refractivity contribution is 7.89. The average molecular weight is 552 g/mol. The van der Waals surface area contributed by atoms with E-state index in [-0.39, 0.29) is 23.3 Å². The molecule has 11 nitrogen and oxygen atoms in total. The van der Waals surface area contributed by atoms with Crippen LogP contribution in [0.5, 0.6) is 5.75 Å². The highest BCUT2D eigenvalue weighted by atomic mass is 32.2. The largest absolute Gasteiger partial charge is 0.484 e. The van der Waals surface area contributed by atoms with Gasteiger partial charge in [0.05, 0.1) is 17.7 Å². The Bertz CT molecular complexity index is 1440. The highest BCUT2D eigenvalue weighted by Gasteiger charge is 2.22. The van der Waals surface area contributed by atoms with E-state index in [4.69, 9.17) is 4.74 Å². The zero-order valence-electron chi connectivity index (χ0n) is 21.7. The number of ether oxygens (including phenoxy) is 1. The molecule has 204 valence electrons. The van der Waals surface area contributed by atoms with Gasteiger partial charge in [0.1, 0.15) is 5.75 Å². The van der Waals surface area contributed by atoms with Crippen LogP contribution in [0.2, 0.25) is 0 Å². The topological polar surface area (TPSA) is 146 Å². The summed E-state index contributed by atoms with van der Waals surface area (Å²) in [5.41, 5.74) is 5.17. The number of hydrogen-bond donors (Lipinski definition) is 3. The van der Waals surface area contributed by atoms with E-state index in [1.807, 2.05) is 31.2 Å². The molecule has 0 aliphatic heterocycles. The molecular formula is C27H29N5O6S. The van der Waals surface area contributed by atoms with Crippen molar-refractivity contribution < 1.29 is 27.5 Å². The van der Waals surface area contributed by atoms with Crippen LogP contribution < -0.4 is 20.8 Å². The monoisotopic (exact) mass is 551 g/mol. The third-order valence-corrected chi connectivity index (χ3v) is 7.05. The van der Waals surface area contributed by atoms with Crippen molar-refractivity contribution in [2.75, 3.05) is 30.8 Å². The van der Waals surface area contributed by atoms with Crippen LogP contribution >= 0.6 is 0 Å². The van der Waals surface area contributed by atoms with Crippen molar-refractivity contribution in [3.8, 4) is 5.75 Å². The molecule has 0 spiro atoms. The molecule has 3 aromatic carbocycles. The number of hydrazone groups is 1. The summed E-state index contributed by atoms with van der Waals surface area (Å²) in [5.74, 6) is -0.719. The maximum atomic E-state index is 12.7. The lowest BCUT2D eigenvalue weighted by Gasteiger charge is -2.16. The van der Waals surface area contributed by atoms with Crippen molar-refractivity contribution >= 4 is 45.3 Å². The quantitative estimate of drug-likeness (QED) is 0.247. The lowest BCUT2D eigenvalue weighted by Crippen LogP contribution is -2.36. The number of likely N-dealkylation sites (N-methyl/N-ethyl adjacent to an activating group) is 1. The van der Waals surface area contributed by atoms with E-state index < -0.39 is 22.5 Å². The minimum Gasteiger partial charge on any atom is -0.484 e. The normalized spacial score (nSPS) is 11.3. The van der Waals surface area contributed by atoms with E-state index >= 15 is 0 Å². The van der Waals surface area contributed by atoms with Crippen LogP contribution in [0.3, 0.4) is 0 Å². The van der Waals surface area contributed by atoms with Crippen molar-refractivity contribution in [1.82, 2.24) is 9.73 Å². The Kier molecular flexibility index (Phi) is 9.90. The minimum atomic E-state index is -3.93. The first-order valence-electron chi connectivity index (χ1n) is 11.8. The zero-order valence-corrected chi connectivity index (χ0v) is 22.5. The second-order valence-corrected chi connectivity index (χ2v) is 10.6. The number of rotatable bonds is 11. The molecule has 12 heteroatoms. The summed E-state index contributed by atoms with van der Waals surface area (Å²) in [7, 11) is -2.65. The summed E-state index contributed by atoms with van der Waals surface area (Å²) in [5, 5.41) is 9.16. The van der Waals surface area contributed by atoms with Crippen LogP contribution in [-0.2, 0) is 24.4 Å². The molecular weight excluding hydrogens is 522 g/mol. The van der Waals surface area contributed by atoms with Crippen LogP contribution in [0.15, 0.2) is 82.8 Å². The Hall–Kier alpha value is -4.55. The lowest BCUT2D eigenvalue weighted by atomic mass is 10.2. The van der Waals surface area contributed by atoms with Crippen LogP contribution in [0.4, 0.5) is 11.4 Å². The van der Waals surface area contributed by atoms with E-state index in [1.165, 1.54) is 44.5 Å². The number of anilines is 2. The van der Waals surface area contributed by atoms with Gasteiger partial charge < -0.3 is 15.4 Å². The molecule has 3 N–H and O–H groups in total. The molecule has 0 aliphatic rings. The van der Waals surface area contributed by atoms with E-state index in [0.29, 0.717) is 22.7 Å². The van der Waals surface area contributed by atoms with Gasteiger partial charge in [-0.2, -0.15) is 9.41 Å². The Morgan fingerprint density at radius 3 is 2.08 bits per heavy atom. The Labute approximate surface area is 226 Å². The van der Waals surface area contributed by atoms with E-state index in [2.05, 4.69) is 21.2 Å². The fourth-order valence-corrected chi connectivity index (χ4v) is 4.35. The van der Waals surface area contributed by atoms with Gasteiger partial charge in [0, 0.05) is 25.3 Å². The SMILES string of the molecule is CC(=O)Nc1ccc(S(=O)(=O)N(C)CC(=O)N/N=C/c2ccc(OCC(=O)Nc3ccc(C)cc3)cc2)cc1. The van der Waals surface area contributed by atoms with Crippen LogP contribution in [0.25, 0.3) is 0 Å². The molecule has 3 amide bonds. The maximum Gasteiger partial charge on any atom is 0.262 e. The Morgan fingerprint density at radius 2 is 1.46 bits per heavy atom. The second kappa shape index (κ2) is 13.3. The zero-order chi connectivity index (χ0) is 28.4. The molecule has 0 aromatic heterocycles. The van der Waals surface area contributed by atoms with Crippen LogP contribution in [0, 0.1) is 6.92 Å². The summed E-state index contributed by atoms with van der Waals surface area (Å²) in [6.07, 6.45) is 1.39. The predicted octanol–water partition coefficient (Wildman–Crippen LogP) is 2.74. The Balaban J connectivity index is 1.44. The molecule has 3 aromatic rings.